The molecule has 0 aliphatic rings. The number of nitrogens with zero attached hydrogens (tertiary/aromatic N) is 2. The second-order valence-electron chi connectivity index (χ2n) is 4.85. The van der Waals surface area contributed by atoms with Crippen LogP contribution in [0.15, 0.2) is 21.0 Å². The highest BCUT2D eigenvalue weighted by Gasteiger charge is 2.17. The van der Waals surface area contributed by atoms with Gasteiger partial charge in [-0.2, -0.15) is 5.26 Å². The summed E-state index contributed by atoms with van der Waals surface area (Å²) < 4.78 is 5.91. The van der Waals surface area contributed by atoms with E-state index in [1.165, 1.54) is 0 Å². The Hall–Kier alpha value is -2.04. The third kappa shape index (κ3) is 3.17. The molecule has 1 aromatic carbocycles. The lowest BCUT2D eigenvalue weighted by Gasteiger charge is -2.12. The quantitative estimate of drug-likeness (QED) is 0.821. The molecule has 0 atom stereocenters. The van der Waals surface area contributed by atoms with Crippen LogP contribution in [0.3, 0.4) is 0 Å². The molecule has 0 aliphatic carbocycles. The zero-order valence-electron chi connectivity index (χ0n) is 11.7. The van der Waals surface area contributed by atoms with E-state index in [0.29, 0.717) is 33.2 Å². The van der Waals surface area contributed by atoms with Gasteiger partial charge in [0.05, 0.1) is 15.7 Å². The van der Waals surface area contributed by atoms with Crippen molar-refractivity contribution in [3.63, 3.8) is 0 Å². The molecule has 0 unspecified atom stereocenters. The van der Waals surface area contributed by atoms with Gasteiger partial charge >= 0.3 is 0 Å². The summed E-state index contributed by atoms with van der Waals surface area (Å²) >= 11 is 3.35. The van der Waals surface area contributed by atoms with Crippen molar-refractivity contribution in [2.75, 3.05) is 32.9 Å². The van der Waals surface area contributed by atoms with Crippen molar-refractivity contribution in [1.82, 2.24) is 10.2 Å². The molecule has 0 aliphatic heterocycles. The van der Waals surface area contributed by atoms with Crippen LogP contribution in [0.5, 0.6) is 0 Å². The van der Waals surface area contributed by atoms with Crippen LogP contribution in [0.1, 0.15) is 16.1 Å². The molecule has 0 saturated heterocycles. The Kier molecular flexibility index (Phi) is 4.50. The number of nitriles is 1. The normalized spacial score (nSPS) is 10.8. The van der Waals surface area contributed by atoms with E-state index in [-0.39, 0.29) is 11.7 Å². The van der Waals surface area contributed by atoms with Crippen LogP contribution >= 0.6 is 15.9 Å². The average Bonchev–Trinajstić information content (AvgIpc) is 2.85. The number of furan rings is 1. The van der Waals surface area contributed by atoms with Crippen LogP contribution in [0, 0.1) is 11.3 Å². The molecular weight excluding hydrogens is 336 g/mol. The largest absolute Gasteiger partial charge is 0.446 e. The van der Waals surface area contributed by atoms with E-state index in [4.69, 9.17) is 15.4 Å². The molecule has 0 radical (unpaired) electrons. The monoisotopic (exact) mass is 350 g/mol. The summed E-state index contributed by atoms with van der Waals surface area (Å²) in [6.07, 6.45) is 0. The minimum Gasteiger partial charge on any atom is -0.446 e. The van der Waals surface area contributed by atoms with Gasteiger partial charge in [-0.25, -0.2) is 0 Å². The van der Waals surface area contributed by atoms with E-state index in [1.54, 1.807) is 12.1 Å². The van der Waals surface area contributed by atoms with Gasteiger partial charge in [0.15, 0.2) is 0 Å². The predicted octanol–water partition coefficient (Wildman–Crippen LogP) is 1.94. The molecule has 7 heteroatoms. The SMILES string of the molecule is CN(C)CCNC(=O)c1cc2oc(C#N)cc2c(Br)c1N. The number of carbonyl (C=O) groups is 1. The van der Waals surface area contributed by atoms with Gasteiger partial charge in [-0.05, 0) is 36.1 Å². The summed E-state index contributed by atoms with van der Waals surface area (Å²) in [5, 5.41) is 12.3. The molecule has 2 rings (SSSR count). The number of nitrogens with one attached hydrogen (secondary N) is 1. The van der Waals surface area contributed by atoms with Crippen molar-refractivity contribution in [3.8, 4) is 6.07 Å². The van der Waals surface area contributed by atoms with Crippen LogP contribution in [-0.2, 0) is 0 Å². The number of nitrogen functional groups attached to an aromatic ring is 1. The van der Waals surface area contributed by atoms with Crippen LogP contribution in [0.2, 0.25) is 0 Å². The first kappa shape index (κ1) is 15.4. The van der Waals surface area contributed by atoms with Crippen LogP contribution in [0.4, 0.5) is 5.69 Å². The fourth-order valence-corrected chi connectivity index (χ4v) is 2.41. The standard InChI is InChI=1S/C14H15BrN4O2/c1-19(2)4-3-18-14(20)10-6-11-9(12(15)13(10)17)5-8(7-16)21-11/h5-6H,3-4,17H2,1-2H3,(H,18,20). The lowest BCUT2D eigenvalue weighted by atomic mass is 10.1. The van der Waals surface area contributed by atoms with E-state index < -0.39 is 0 Å². The maximum atomic E-state index is 12.2. The summed E-state index contributed by atoms with van der Waals surface area (Å²) in [6.45, 7) is 1.25. The molecule has 21 heavy (non-hydrogen) atoms. The van der Waals surface area contributed by atoms with Gasteiger partial charge in [0, 0.05) is 24.5 Å². The van der Waals surface area contributed by atoms with Gasteiger partial charge < -0.3 is 20.4 Å². The van der Waals surface area contributed by atoms with E-state index in [1.807, 2.05) is 25.1 Å². The molecule has 6 nitrogen and oxygen atoms in total. The number of benzene rings is 1. The Balaban J connectivity index is 2.33. The summed E-state index contributed by atoms with van der Waals surface area (Å²) in [5.74, 6) is -0.0953. The van der Waals surface area contributed by atoms with Gasteiger partial charge in [-0.3, -0.25) is 4.79 Å². The van der Waals surface area contributed by atoms with Crippen molar-refractivity contribution in [1.29, 1.82) is 5.26 Å². The van der Waals surface area contributed by atoms with Crippen LogP contribution in [0.25, 0.3) is 11.0 Å². The van der Waals surface area contributed by atoms with Gasteiger partial charge in [0.2, 0.25) is 5.76 Å². The minimum absolute atomic E-state index is 0.176. The summed E-state index contributed by atoms with van der Waals surface area (Å²) in [7, 11) is 3.85. The molecule has 1 amide bonds. The number of likely N-dealkylation sites (N-methyl/N-ethyl adjacent to an activating group) is 1. The highest BCUT2D eigenvalue weighted by molar-refractivity contribution is 9.10. The van der Waals surface area contributed by atoms with Crippen LogP contribution in [-0.4, -0.2) is 38.0 Å². The number of fused-ring (bicyclic) bond motifs is 1. The number of rotatable bonds is 4. The number of nitrogens with two attached hydrogens (primary N) is 1. The molecular formula is C14H15BrN4O2. The molecule has 0 bridgehead atoms. The summed E-state index contributed by atoms with van der Waals surface area (Å²) in [4.78, 5) is 14.1. The molecule has 110 valence electrons. The van der Waals surface area contributed by atoms with Gasteiger partial charge in [-0.15, -0.1) is 0 Å². The van der Waals surface area contributed by atoms with E-state index >= 15 is 0 Å². The first-order valence-electron chi connectivity index (χ1n) is 6.28. The second kappa shape index (κ2) is 6.16. The van der Waals surface area contributed by atoms with Crippen molar-refractivity contribution >= 4 is 38.5 Å². The van der Waals surface area contributed by atoms with Crippen molar-refractivity contribution < 1.29 is 9.21 Å². The van der Waals surface area contributed by atoms with Gasteiger partial charge in [-0.1, -0.05) is 0 Å². The number of carbonyl (C=O) groups excluding carboxylic acids is 1. The van der Waals surface area contributed by atoms with Crippen molar-refractivity contribution in [3.05, 3.63) is 27.9 Å². The Morgan fingerprint density at radius 2 is 2.24 bits per heavy atom. The number of hydrogen-bond acceptors (Lipinski definition) is 5. The Morgan fingerprint density at radius 1 is 1.52 bits per heavy atom. The Bertz CT molecular complexity index is 731. The van der Waals surface area contributed by atoms with Crippen molar-refractivity contribution in [2.45, 2.75) is 0 Å². The van der Waals surface area contributed by atoms with Crippen LogP contribution < -0.4 is 11.1 Å². The van der Waals surface area contributed by atoms with Crippen molar-refractivity contribution in [2.24, 2.45) is 0 Å². The first-order valence-corrected chi connectivity index (χ1v) is 7.08. The van der Waals surface area contributed by atoms with Gasteiger partial charge in [0.1, 0.15) is 11.7 Å². The lowest BCUT2D eigenvalue weighted by Crippen LogP contribution is -2.31. The van der Waals surface area contributed by atoms with E-state index in [9.17, 15) is 4.79 Å². The fourth-order valence-electron chi connectivity index (χ4n) is 1.89. The number of anilines is 1. The zero-order valence-corrected chi connectivity index (χ0v) is 13.3. The smallest absolute Gasteiger partial charge is 0.253 e. The molecule has 3 N–H and O–H groups in total. The van der Waals surface area contributed by atoms with Gasteiger partial charge in [0.25, 0.3) is 5.91 Å². The summed E-state index contributed by atoms with van der Waals surface area (Å²) in [5.41, 5.74) is 7.09. The maximum Gasteiger partial charge on any atom is 0.253 e. The average molecular weight is 351 g/mol. The molecule has 0 fully saturated rings. The predicted molar refractivity (Wildman–Crippen MR) is 83.9 cm³/mol. The highest BCUT2D eigenvalue weighted by Crippen LogP contribution is 2.34. The number of halogens is 1. The van der Waals surface area contributed by atoms with E-state index in [2.05, 4.69) is 21.2 Å². The zero-order chi connectivity index (χ0) is 15.6. The van der Waals surface area contributed by atoms with E-state index in [0.717, 1.165) is 6.54 Å². The third-order valence-corrected chi connectivity index (χ3v) is 3.85. The molecule has 1 heterocycles. The lowest BCUT2D eigenvalue weighted by molar-refractivity contribution is 0.0952. The third-order valence-electron chi connectivity index (χ3n) is 3.00. The number of amides is 1. The Labute approximate surface area is 130 Å². The number of hydrogen-bond donors (Lipinski definition) is 2. The topological polar surface area (TPSA) is 95.3 Å². The Morgan fingerprint density at radius 3 is 2.86 bits per heavy atom. The maximum absolute atomic E-state index is 12.2. The first-order chi connectivity index (χ1) is 9.93. The molecule has 0 saturated carbocycles. The minimum atomic E-state index is -0.271. The molecule has 2 aromatic rings. The second-order valence-corrected chi connectivity index (χ2v) is 5.64. The molecule has 0 spiro atoms. The summed E-state index contributed by atoms with van der Waals surface area (Å²) in [6, 6.07) is 5.07. The fraction of sp³-hybridized carbons (Fsp3) is 0.286. The molecule has 1 aromatic heterocycles. The highest BCUT2D eigenvalue weighted by atomic mass is 79.9.